The summed E-state index contributed by atoms with van der Waals surface area (Å²) in [5.74, 6) is 0.448. The van der Waals surface area contributed by atoms with Gasteiger partial charge in [-0.05, 0) is 18.2 Å². The molecule has 0 atom stereocenters. The number of ether oxygens (including phenoxy) is 1. The summed E-state index contributed by atoms with van der Waals surface area (Å²) < 4.78 is 5.36. The fourth-order valence-corrected chi connectivity index (χ4v) is 2.30. The zero-order chi connectivity index (χ0) is 13.9. The lowest BCUT2D eigenvalue weighted by Crippen LogP contribution is -2.47. The number of aldehydes is 1. The highest BCUT2D eigenvalue weighted by Gasteiger charge is 2.18. The van der Waals surface area contributed by atoms with Gasteiger partial charge in [-0.25, -0.2) is 4.79 Å². The topological polar surface area (TPSA) is 74.4 Å². The van der Waals surface area contributed by atoms with Gasteiger partial charge in [-0.2, -0.15) is 0 Å². The van der Waals surface area contributed by atoms with Crippen molar-refractivity contribution in [2.75, 3.05) is 26.2 Å². The molecule has 1 saturated heterocycles. The number of aromatic nitrogens is 1. The van der Waals surface area contributed by atoms with Crippen LogP contribution in [0.1, 0.15) is 10.4 Å². The Hall–Kier alpha value is -2.34. The molecule has 1 aliphatic heterocycles. The number of amides is 1. The van der Waals surface area contributed by atoms with E-state index in [1.807, 2.05) is 0 Å². The van der Waals surface area contributed by atoms with Crippen LogP contribution in [-0.4, -0.2) is 48.4 Å². The highest BCUT2D eigenvalue weighted by Crippen LogP contribution is 2.23. The second-order valence-electron chi connectivity index (χ2n) is 4.67. The van der Waals surface area contributed by atoms with Gasteiger partial charge >= 0.3 is 6.09 Å². The van der Waals surface area contributed by atoms with Crippen LogP contribution in [-0.2, 0) is 0 Å². The highest BCUT2D eigenvalue weighted by molar-refractivity contribution is 5.97. The maximum Gasteiger partial charge on any atom is 0.415 e. The number of carbonyl (C=O) groups is 2. The number of benzene rings is 1. The molecule has 2 N–H and O–H groups in total. The summed E-state index contributed by atoms with van der Waals surface area (Å²) in [6.07, 6.45) is 2.06. The van der Waals surface area contributed by atoms with Gasteiger partial charge < -0.3 is 19.9 Å². The number of H-pyrrole nitrogens is 1. The second-order valence-corrected chi connectivity index (χ2v) is 4.67. The van der Waals surface area contributed by atoms with Crippen molar-refractivity contribution >= 4 is 23.3 Å². The summed E-state index contributed by atoms with van der Waals surface area (Å²) in [4.78, 5) is 27.6. The van der Waals surface area contributed by atoms with E-state index in [0.29, 0.717) is 24.4 Å². The third-order valence-electron chi connectivity index (χ3n) is 3.39. The van der Waals surface area contributed by atoms with Crippen molar-refractivity contribution in [2.24, 2.45) is 0 Å². The van der Waals surface area contributed by atoms with Gasteiger partial charge in [-0.1, -0.05) is 0 Å². The van der Waals surface area contributed by atoms with Crippen molar-refractivity contribution in [1.82, 2.24) is 15.2 Å². The van der Waals surface area contributed by atoms with Crippen LogP contribution < -0.4 is 10.1 Å². The molecule has 0 saturated carbocycles. The maximum absolute atomic E-state index is 12.0. The quantitative estimate of drug-likeness (QED) is 0.811. The normalized spacial score (nSPS) is 15.3. The summed E-state index contributed by atoms with van der Waals surface area (Å²) in [5.41, 5.74) is 1.40. The first-order chi connectivity index (χ1) is 9.78. The average molecular weight is 273 g/mol. The van der Waals surface area contributed by atoms with Crippen molar-refractivity contribution in [3.63, 3.8) is 0 Å². The third-order valence-corrected chi connectivity index (χ3v) is 3.39. The summed E-state index contributed by atoms with van der Waals surface area (Å²) in [7, 11) is 0. The molecule has 0 aliphatic carbocycles. The first kappa shape index (κ1) is 12.7. The lowest BCUT2D eigenvalue weighted by atomic mass is 10.2. The molecule has 1 amide bonds. The number of nitrogens with one attached hydrogen (secondary N) is 2. The Balaban J connectivity index is 1.79. The molecule has 1 aromatic heterocycles. The monoisotopic (exact) mass is 273 g/mol. The van der Waals surface area contributed by atoms with Gasteiger partial charge in [-0.3, -0.25) is 4.79 Å². The number of fused-ring (bicyclic) bond motifs is 1. The molecule has 0 spiro atoms. The van der Waals surface area contributed by atoms with Crippen LogP contribution in [0.15, 0.2) is 24.4 Å². The van der Waals surface area contributed by atoms with E-state index in [4.69, 9.17) is 4.74 Å². The van der Waals surface area contributed by atoms with Gasteiger partial charge in [0.1, 0.15) is 5.75 Å². The first-order valence-electron chi connectivity index (χ1n) is 6.52. The number of aromatic amines is 1. The largest absolute Gasteiger partial charge is 0.415 e. The number of carbonyl (C=O) groups excluding carboxylic acids is 2. The van der Waals surface area contributed by atoms with Gasteiger partial charge in [0.05, 0.1) is 0 Å². The molecular weight excluding hydrogens is 258 g/mol. The number of hydrogen-bond donors (Lipinski definition) is 2. The van der Waals surface area contributed by atoms with Crippen molar-refractivity contribution in [2.45, 2.75) is 0 Å². The summed E-state index contributed by atoms with van der Waals surface area (Å²) in [6, 6.07) is 5.21. The molecule has 3 rings (SSSR count). The number of hydrogen-bond acceptors (Lipinski definition) is 4. The molecule has 1 aliphatic rings. The van der Waals surface area contributed by atoms with Crippen molar-refractivity contribution in [3.8, 4) is 5.75 Å². The van der Waals surface area contributed by atoms with Gasteiger partial charge in [0, 0.05) is 48.8 Å². The molecule has 20 heavy (non-hydrogen) atoms. The summed E-state index contributed by atoms with van der Waals surface area (Å²) >= 11 is 0. The minimum absolute atomic E-state index is 0.353. The van der Waals surface area contributed by atoms with E-state index in [1.165, 1.54) is 0 Å². The standard InChI is InChI=1S/C14H15N3O3/c18-9-10-8-16-13-2-1-11(7-12(10)13)20-14(19)17-5-3-15-4-6-17/h1-2,7-9,15-16H,3-6H2. The van der Waals surface area contributed by atoms with Gasteiger partial charge in [0.15, 0.2) is 6.29 Å². The number of rotatable bonds is 2. The SMILES string of the molecule is O=Cc1c[nH]c2ccc(OC(=O)N3CCNCC3)cc12. The van der Waals surface area contributed by atoms with Gasteiger partial charge in [0.25, 0.3) is 0 Å². The van der Waals surface area contributed by atoms with E-state index in [2.05, 4.69) is 10.3 Å². The van der Waals surface area contributed by atoms with Crippen LogP contribution in [0, 0.1) is 0 Å². The third kappa shape index (κ3) is 2.37. The number of nitrogens with zero attached hydrogens (tertiary/aromatic N) is 1. The molecular formula is C14H15N3O3. The van der Waals surface area contributed by atoms with Crippen LogP contribution in [0.2, 0.25) is 0 Å². The molecule has 6 nitrogen and oxygen atoms in total. The Kier molecular flexibility index (Phi) is 3.39. The van der Waals surface area contributed by atoms with E-state index in [9.17, 15) is 9.59 Å². The Morgan fingerprint density at radius 1 is 1.30 bits per heavy atom. The van der Waals surface area contributed by atoms with Gasteiger partial charge in [0.2, 0.25) is 0 Å². The molecule has 1 aromatic carbocycles. The summed E-state index contributed by atoms with van der Waals surface area (Å²) in [6.45, 7) is 2.85. The lowest BCUT2D eigenvalue weighted by Gasteiger charge is -2.26. The Morgan fingerprint density at radius 3 is 2.85 bits per heavy atom. The molecule has 2 heterocycles. The zero-order valence-electron chi connectivity index (χ0n) is 10.9. The number of piperazine rings is 1. The fraction of sp³-hybridized carbons (Fsp3) is 0.286. The van der Waals surface area contributed by atoms with Crippen LogP contribution >= 0.6 is 0 Å². The molecule has 1 fully saturated rings. The summed E-state index contributed by atoms with van der Waals surface area (Å²) in [5, 5.41) is 3.93. The molecule has 0 bridgehead atoms. The van der Waals surface area contributed by atoms with E-state index in [-0.39, 0.29) is 6.09 Å². The molecule has 104 valence electrons. The fourth-order valence-electron chi connectivity index (χ4n) is 2.30. The molecule has 2 aromatic rings. The van der Waals surface area contributed by atoms with Crippen molar-refractivity contribution in [1.29, 1.82) is 0 Å². The molecule has 0 unspecified atom stereocenters. The Morgan fingerprint density at radius 2 is 2.10 bits per heavy atom. The minimum atomic E-state index is -0.353. The smallest absolute Gasteiger partial charge is 0.410 e. The molecule has 6 heteroatoms. The first-order valence-corrected chi connectivity index (χ1v) is 6.52. The molecule has 0 radical (unpaired) electrons. The van der Waals surface area contributed by atoms with E-state index in [1.54, 1.807) is 29.3 Å². The Labute approximate surface area is 115 Å². The van der Waals surface area contributed by atoms with E-state index < -0.39 is 0 Å². The van der Waals surface area contributed by atoms with Crippen LogP contribution in [0.4, 0.5) is 4.79 Å². The van der Waals surface area contributed by atoms with Crippen LogP contribution in [0.25, 0.3) is 10.9 Å². The van der Waals surface area contributed by atoms with E-state index >= 15 is 0 Å². The average Bonchev–Trinajstić information content (AvgIpc) is 2.90. The van der Waals surface area contributed by atoms with Crippen LogP contribution in [0.5, 0.6) is 5.75 Å². The van der Waals surface area contributed by atoms with E-state index in [0.717, 1.165) is 30.3 Å². The predicted octanol–water partition coefficient (Wildman–Crippen LogP) is 1.38. The Bertz CT molecular complexity index is 644. The lowest BCUT2D eigenvalue weighted by molar-refractivity contribution is 0.112. The van der Waals surface area contributed by atoms with Crippen molar-refractivity contribution in [3.05, 3.63) is 30.0 Å². The minimum Gasteiger partial charge on any atom is -0.410 e. The van der Waals surface area contributed by atoms with Gasteiger partial charge in [-0.15, -0.1) is 0 Å². The maximum atomic E-state index is 12.0. The zero-order valence-corrected chi connectivity index (χ0v) is 10.9. The predicted molar refractivity (Wildman–Crippen MR) is 74.2 cm³/mol. The van der Waals surface area contributed by atoms with Crippen molar-refractivity contribution < 1.29 is 14.3 Å². The second kappa shape index (κ2) is 5.34. The van der Waals surface area contributed by atoms with Crippen LogP contribution in [0.3, 0.4) is 0 Å². The highest BCUT2D eigenvalue weighted by atomic mass is 16.6.